The van der Waals surface area contributed by atoms with Crippen molar-refractivity contribution in [3.8, 4) is 0 Å². The lowest BCUT2D eigenvalue weighted by Crippen LogP contribution is -2.28. The number of hydrogen-bond donors (Lipinski definition) is 2. The van der Waals surface area contributed by atoms with Gasteiger partial charge in [-0.05, 0) is 24.1 Å². The lowest BCUT2D eigenvalue weighted by atomic mass is 10.0. The van der Waals surface area contributed by atoms with Crippen LogP contribution in [0.2, 0.25) is 0 Å². The summed E-state index contributed by atoms with van der Waals surface area (Å²) in [6.07, 6.45) is 6.91. The smallest absolute Gasteiger partial charge is 0.0954 e. The molecule has 3 N–H and O–H groups in total. The lowest BCUT2D eigenvalue weighted by molar-refractivity contribution is 0.553. The highest BCUT2D eigenvalue weighted by Gasteiger charge is 2.13. The van der Waals surface area contributed by atoms with E-state index in [0.717, 1.165) is 16.7 Å². The summed E-state index contributed by atoms with van der Waals surface area (Å²) in [6.45, 7) is 2.00. The molecule has 0 saturated carbocycles. The van der Waals surface area contributed by atoms with Crippen LogP contribution in [-0.2, 0) is 0 Å². The fourth-order valence-corrected chi connectivity index (χ4v) is 1.56. The highest BCUT2D eigenvalue weighted by atomic mass is 16.3. The van der Waals surface area contributed by atoms with Gasteiger partial charge in [-0.15, -0.1) is 0 Å². The van der Waals surface area contributed by atoms with Crippen LogP contribution in [0.4, 0.5) is 0 Å². The summed E-state index contributed by atoms with van der Waals surface area (Å²) in [5, 5.41) is 0. The van der Waals surface area contributed by atoms with Gasteiger partial charge in [0.05, 0.1) is 18.6 Å². The number of nitrogens with two attached hydrogens (primary N) is 1. The standard InChI is InChI=1S/C11H13N3O/c1-8-4-10(6-13-5-8)11(14-12)9-2-3-15-7-9/h2-7,11,14H,12H2,1H3. The van der Waals surface area contributed by atoms with E-state index in [-0.39, 0.29) is 6.04 Å². The maximum Gasteiger partial charge on any atom is 0.0954 e. The molecule has 1 atom stereocenters. The van der Waals surface area contributed by atoms with Crippen molar-refractivity contribution >= 4 is 0 Å². The molecule has 2 rings (SSSR count). The molecule has 0 bridgehead atoms. The topological polar surface area (TPSA) is 64.1 Å². The van der Waals surface area contributed by atoms with Crippen molar-refractivity contribution in [2.75, 3.05) is 0 Å². The van der Waals surface area contributed by atoms with Crippen LogP contribution in [0.5, 0.6) is 0 Å². The van der Waals surface area contributed by atoms with Gasteiger partial charge >= 0.3 is 0 Å². The third-order valence-corrected chi connectivity index (χ3v) is 2.27. The van der Waals surface area contributed by atoms with Crippen molar-refractivity contribution in [3.05, 3.63) is 53.7 Å². The Morgan fingerprint density at radius 2 is 2.27 bits per heavy atom. The molecule has 0 fully saturated rings. The molecule has 0 aromatic carbocycles. The van der Waals surface area contributed by atoms with E-state index in [4.69, 9.17) is 10.3 Å². The minimum absolute atomic E-state index is 0.0730. The Bertz CT molecular complexity index is 425. The molecular weight excluding hydrogens is 190 g/mol. The summed E-state index contributed by atoms with van der Waals surface area (Å²) in [5.41, 5.74) is 5.87. The second kappa shape index (κ2) is 4.25. The van der Waals surface area contributed by atoms with Gasteiger partial charge in [-0.2, -0.15) is 0 Å². The molecule has 0 saturated heterocycles. The first-order valence-electron chi connectivity index (χ1n) is 4.71. The third-order valence-electron chi connectivity index (χ3n) is 2.27. The van der Waals surface area contributed by atoms with Gasteiger partial charge in [0.25, 0.3) is 0 Å². The van der Waals surface area contributed by atoms with E-state index in [1.165, 1.54) is 0 Å². The first-order chi connectivity index (χ1) is 7.31. The van der Waals surface area contributed by atoms with E-state index in [9.17, 15) is 0 Å². The zero-order chi connectivity index (χ0) is 10.7. The van der Waals surface area contributed by atoms with Gasteiger partial charge in [-0.25, -0.2) is 5.43 Å². The maximum absolute atomic E-state index is 5.53. The molecule has 1 unspecified atom stereocenters. The molecule has 0 aliphatic rings. The second-order valence-corrected chi connectivity index (χ2v) is 3.45. The number of aromatic nitrogens is 1. The molecule has 0 radical (unpaired) electrons. The summed E-state index contributed by atoms with van der Waals surface area (Å²) < 4.78 is 5.03. The van der Waals surface area contributed by atoms with Crippen LogP contribution in [0.3, 0.4) is 0 Å². The summed E-state index contributed by atoms with van der Waals surface area (Å²) in [4.78, 5) is 4.14. The van der Waals surface area contributed by atoms with Crippen LogP contribution >= 0.6 is 0 Å². The van der Waals surface area contributed by atoms with E-state index in [0.29, 0.717) is 0 Å². The molecule has 78 valence electrons. The Morgan fingerprint density at radius 3 is 2.87 bits per heavy atom. The van der Waals surface area contributed by atoms with E-state index >= 15 is 0 Å². The van der Waals surface area contributed by atoms with Crippen LogP contribution < -0.4 is 11.3 Å². The zero-order valence-electron chi connectivity index (χ0n) is 8.47. The highest BCUT2D eigenvalue weighted by Crippen LogP contribution is 2.21. The third kappa shape index (κ3) is 2.06. The van der Waals surface area contributed by atoms with Gasteiger partial charge in [0.1, 0.15) is 0 Å². The van der Waals surface area contributed by atoms with Crippen LogP contribution in [-0.4, -0.2) is 4.98 Å². The van der Waals surface area contributed by atoms with Crippen LogP contribution in [0, 0.1) is 6.92 Å². The van der Waals surface area contributed by atoms with Crippen LogP contribution in [0.25, 0.3) is 0 Å². The first-order valence-corrected chi connectivity index (χ1v) is 4.71. The number of rotatable bonds is 3. The number of nitrogens with zero attached hydrogens (tertiary/aromatic N) is 1. The largest absolute Gasteiger partial charge is 0.472 e. The van der Waals surface area contributed by atoms with Crippen LogP contribution in [0.15, 0.2) is 41.5 Å². The average molecular weight is 203 g/mol. The van der Waals surface area contributed by atoms with Crippen molar-refractivity contribution in [1.29, 1.82) is 0 Å². The van der Waals surface area contributed by atoms with Gasteiger partial charge in [-0.3, -0.25) is 10.8 Å². The predicted octanol–water partition coefficient (Wildman–Crippen LogP) is 1.54. The second-order valence-electron chi connectivity index (χ2n) is 3.45. The number of aryl methyl sites for hydroxylation is 1. The summed E-state index contributed by atoms with van der Waals surface area (Å²) >= 11 is 0. The quantitative estimate of drug-likeness (QED) is 0.586. The molecule has 2 heterocycles. The lowest BCUT2D eigenvalue weighted by Gasteiger charge is -2.14. The fourth-order valence-electron chi connectivity index (χ4n) is 1.56. The number of hydrogen-bond acceptors (Lipinski definition) is 4. The SMILES string of the molecule is Cc1cncc(C(NN)c2ccoc2)c1. The average Bonchev–Trinajstić information content (AvgIpc) is 2.72. The fraction of sp³-hybridized carbons (Fsp3) is 0.182. The normalized spacial score (nSPS) is 12.7. The van der Waals surface area contributed by atoms with Crippen molar-refractivity contribution in [2.45, 2.75) is 13.0 Å². The van der Waals surface area contributed by atoms with E-state index < -0.39 is 0 Å². The predicted molar refractivity (Wildman–Crippen MR) is 56.8 cm³/mol. The van der Waals surface area contributed by atoms with E-state index in [1.807, 2.05) is 25.3 Å². The van der Waals surface area contributed by atoms with Gasteiger partial charge in [0, 0.05) is 18.0 Å². The maximum atomic E-state index is 5.53. The van der Waals surface area contributed by atoms with Gasteiger partial charge in [0.15, 0.2) is 0 Å². The molecule has 0 aliphatic carbocycles. The summed E-state index contributed by atoms with van der Waals surface area (Å²) in [7, 11) is 0. The molecule has 0 amide bonds. The molecule has 2 aromatic heterocycles. The van der Waals surface area contributed by atoms with Gasteiger partial charge in [-0.1, -0.05) is 6.07 Å². The van der Waals surface area contributed by atoms with Crippen molar-refractivity contribution in [2.24, 2.45) is 5.84 Å². The number of hydrazine groups is 1. The minimum Gasteiger partial charge on any atom is -0.472 e. The minimum atomic E-state index is -0.0730. The molecule has 15 heavy (non-hydrogen) atoms. The molecule has 4 heteroatoms. The first kappa shape index (κ1) is 9.89. The molecule has 2 aromatic rings. The summed E-state index contributed by atoms with van der Waals surface area (Å²) in [5.74, 6) is 5.53. The van der Waals surface area contributed by atoms with E-state index in [2.05, 4.69) is 10.4 Å². The Labute approximate surface area is 88.1 Å². The van der Waals surface area contributed by atoms with Gasteiger partial charge < -0.3 is 4.42 Å². The Balaban J connectivity index is 2.35. The van der Waals surface area contributed by atoms with Crippen molar-refractivity contribution in [3.63, 3.8) is 0 Å². The number of furan rings is 1. The number of nitrogens with one attached hydrogen (secondary N) is 1. The Hall–Kier alpha value is -1.65. The highest BCUT2D eigenvalue weighted by molar-refractivity contribution is 5.29. The zero-order valence-corrected chi connectivity index (χ0v) is 8.47. The molecule has 0 spiro atoms. The van der Waals surface area contributed by atoms with E-state index in [1.54, 1.807) is 18.7 Å². The Morgan fingerprint density at radius 1 is 1.40 bits per heavy atom. The van der Waals surface area contributed by atoms with Crippen molar-refractivity contribution < 1.29 is 4.42 Å². The monoisotopic (exact) mass is 203 g/mol. The number of pyridine rings is 1. The molecular formula is C11H13N3O. The summed E-state index contributed by atoms with van der Waals surface area (Å²) in [6, 6.07) is 3.85. The Kier molecular flexibility index (Phi) is 2.80. The molecule has 4 nitrogen and oxygen atoms in total. The van der Waals surface area contributed by atoms with Crippen LogP contribution in [0.1, 0.15) is 22.7 Å². The van der Waals surface area contributed by atoms with Gasteiger partial charge in [0.2, 0.25) is 0 Å². The molecule has 0 aliphatic heterocycles. The van der Waals surface area contributed by atoms with Crippen molar-refractivity contribution in [1.82, 2.24) is 10.4 Å².